The van der Waals surface area contributed by atoms with Gasteiger partial charge in [-0.3, -0.25) is 4.79 Å². The predicted molar refractivity (Wildman–Crippen MR) is 129 cm³/mol. The second-order valence-electron chi connectivity index (χ2n) is 8.69. The lowest BCUT2D eigenvalue weighted by atomic mass is 10.1. The number of nitrogens with zero attached hydrogens (tertiary/aromatic N) is 3. The molecule has 0 bridgehead atoms. The molecule has 4 rings (SSSR count). The van der Waals surface area contributed by atoms with Gasteiger partial charge < -0.3 is 4.90 Å². The molecule has 33 heavy (non-hydrogen) atoms. The van der Waals surface area contributed by atoms with Crippen molar-refractivity contribution in [3.05, 3.63) is 54.3 Å². The number of halogens is 1. The molecular weight excluding hydrogens is 461 g/mol. The van der Waals surface area contributed by atoms with Crippen molar-refractivity contribution in [1.29, 1.82) is 0 Å². The number of carbonyl (C=O) groups is 1. The fourth-order valence-electron chi connectivity index (χ4n) is 4.09. The van der Waals surface area contributed by atoms with Gasteiger partial charge in [0, 0.05) is 28.9 Å². The number of rotatable bonds is 7. The molecule has 0 aliphatic carbocycles. The normalized spacial score (nSPS) is 17.5. The average Bonchev–Trinajstić information content (AvgIpc) is 3.15. The van der Waals surface area contributed by atoms with E-state index in [4.69, 9.17) is 0 Å². The predicted octanol–water partition coefficient (Wildman–Crippen LogP) is 4.20. The van der Waals surface area contributed by atoms with Crippen molar-refractivity contribution in [2.24, 2.45) is 5.92 Å². The maximum absolute atomic E-state index is 13.3. The van der Waals surface area contributed by atoms with Crippen LogP contribution in [0.15, 0.2) is 53.6 Å². The summed E-state index contributed by atoms with van der Waals surface area (Å²) in [6.45, 7) is 4.56. The number of sulfone groups is 1. The Morgan fingerprint density at radius 1 is 1.12 bits per heavy atom. The Balaban J connectivity index is 1.57. The largest absolute Gasteiger partial charge is 0.338 e. The number of hydrogen-bond donors (Lipinski definition) is 0. The molecule has 3 aromatic rings. The fourth-order valence-corrected chi connectivity index (χ4v) is 6.68. The van der Waals surface area contributed by atoms with E-state index in [1.807, 2.05) is 38.1 Å². The third-order valence-corrected chi connectivity index (χ3v) is 8.35. The Morgan fingerprint density at radius 3 is 2.45 bits per heavy atom. The Bertz CT molecular complexity index is 1260. The van der Waals surface area contributed by atoms with Crippen LogP contribution < -0.4 is 0 Å². The van der Waals surface area contributed by atoms with Crippen molar-refractivity contribution in [2.75, 3.05) is 23.8 Å². The topological polar surface area (TPSA) is 80.2 Å². The number of thioether (sulfide) groups is 1. The molecule has 1 aromatic heterocycles. The monoisotopic (exact) mass is 487 g/mol. The Hall–Kier alpha value is -2.52. The second kappa shape index (κ2) is 9.77. The molecule has 6 nitrogen and oxygen atoms in total. The lowest BCUT2D eigenvalue weighted by molar-refractivity contribution is -0.130. The van der Waals surface area contributed by atoms with Gasteiger partial charge in [-0.25, -0.2) is 12.8 Å². The van der Waals surface area contributed by atoms with E-state index in [0.717, 1.165) is 16.3 Å². The van der Waals surface area contributed by atoms with Crippen molar-refractivity contribution in [3.63, 3.8) is 0 Å². The lowest BCUT2D eigenvalue weighted by Crippen LogP contribution is -2.44. The highest BCUT2D eigenvalue weighted by Crippen LogP contribution is 2.32. The van der Waals surface area contributed by atoms with Crippen molar-refractivity contribution in [2.45, 2.75) is 31.3 Å². The first kappa shape index (κ1) is 23.6. The van der Waals surface area contributed by atoms with Crippen LogP contribution in [-0.2, 0) is 14.6 Å². The molecule has 9 heteroatoms. The van der Waals surface area contributed by atoms with Gasteiger partial charge in [0.05, 0.1) is 17.3 Å². The maximum atomic E-state index is 13.3. The van der Waals surface area contributed by atoms with Gasteiger partial charge in [-0.2, -0.15) is 0 Å². The molecule has 1 fully saturated rings. The van der Waals surface area contributed by atoms with E-state index in [9.17, 15) is 17.6 Å². The molecule has 1 saturated heterocycles. The van der Waals surface area contributed by atoms with Crippen LogP contribution in [0.2, 0.25) is 0 Å². The van der Waals surface area contributed by atoms with Crippen LogP contribution in [-0.4, -0.2) is 59.3 Å². The SMILES string of the molecule is CC(C)CN(C(=O)CSc1nnc(-c2ccc(F)cc2)c2ccccc12)C1CCS(=O)(=O)C1. The summed E-state index contributed by atoms with van der Waals surface area (Å²) in [4.78, 5) is 14.9. The molecule has 0 saturated carbocycles. The van der Waals surface area contributed by atoms with Gasteiger partial charge in [-0.1, -0.05) is 49.9 Å². The second-order valence-corrected chi connectivity index (χ2v) is 11.9. The van der Waals surface area contributed by atoms with E-state index in [1.165, 1.54) is 23.9 Å². The molecule has 1 amide bonds. The average molecular weight is 488 g/mol. The van der Waals surface area contributed by atoms with Crippen LogP contribution in [0, 0.1) is 11.7 Å². The van der Waals surface area contributed by atoms with Crippen LogP contribution in [0.25, 0.3) is 22.0 Å². The van der Waals surface area contributed by atoms with Crippen molar-refractivity contribution in [3.8, 4) is 11.3 Å². The summed E-state index contributed by atoms with van der Waals surface area (Å²) in [6.07, 6.45) is 0.487. The van der Waals surface area contributed by atoms with Gasteiger partial charge in [-0.05, 0) is 36.6 Å². The zero-order valence-corrected chi connectivity index (χ0v) is 20.2. The summed E-state index contributed by atoms with van der Waals surface area (Å²) in [5, 5.41) is 11.1. The van der Waals surface area contributed by atoms with Crippen LogP contribution >= 0.6 is 11.8 Å². The number of aromatic nitrogens is 2. The highest BCUT2D eigenvalue weighted by Gasteiger charge is 2.34. The van der Waals surface area contributed by atoms with Gasteiger partial charge in [0.25, 0.3) is 0 Å². The number of carbonyl (C=O) groups excluding carboxylic acids is 1. The van der Waals surface area contributed by atoms with E-state index in [2.05, 4.69) is 10.2 Å². The molecule has 0 spiro atoms. The number of benzene rings is 2. The number of fused-ring (bicyclic) bond motifs is 1. The van der Waals surface area contributed by atoms with Gasteiger partial charge in [0.15, 0.2) is 9.84 Å². The minimum absolute atomic E-state index is 0.0330. The molecule has 1 atom stereocenters. The standard InChI is InChI=1S/C24H26FN3O3S2/c1-16(2)13-28(19-11-12-33(30,31)15-19)22(29)14-32-24-21-6-4-3-5-20(21)23(26-27-24)17-7-9-18(25)10-8-17/h3-10,16,19H,11-15H2,1-2H3. The first-order chi connectivity index (χ1) is 15.7. The Kier molecular flexibility index (Phi) is 6.99. The third kappa shape index (κ3) is 5.52. The molecule has 2 aromatic carbocycles. The van der Waals surface area contributed by atoms with Crippen LogP contribution in [0.3, 0.4) is 0 Å². The molecule has 1 aliphatic rings. The molecule has 0 N–H and O–H groups in total. The van der Waals surface area contributed by atoms with E-state index in [1.54, 1.807) is 17.0 Å². The smallest absolute Gasteiger partial charge is 0.233 e. The third-order valence-electron chi connectivity index (χ3n) is 5.63. The summed E-state index contributed by atoms with van der Waals surface area (Å²) in [7, 11) is -3.09. The van der Waals surface area contributed by atoms with Crippen LogP contribution in [0.1, 0.15) is 20.3 Å². The fraction of sp³-hybridized carbons (Fsp3) is 0.375. The minimum atomic E-state index is -3.09. The summed E-state index contributed by atoms with van der Waals surface area (Å²) < 4.78 is 37.3. The number of amides is 1. The quantitative estimate of drug-likeness (QED) is 0.465. The van der Waals surface area contributed by atoms with Gasteiger partial charge in [-0.15, -0.1) is 10.2 Å². The molecule has 1 aliphatic heterocycles. The first-order valence-corrected chi connectivity index (χ1v) is 13.7. The van der Waals surface area contributed by atoms with E-state index < -0.39 is 9.84 Å². The maximum Gasteiger partial charge on any atom is 0.233 e. The summed E-state index contributed by atoms with van der Waals surface area (Å²) >= 11 is 1.30. The molecule has 2 heterocycles. The summed E-state index contributed by atoms with van der Waals surface area (Å²) in [6, 6.07) is 13.5. The van der Waals surface area contributed by atoms with Crippen molar-refractivity contribution in [1.82, 2.24) is 15.1 Å². The zero-order chi connectivity index (χ0) is 23.6. The van der Waals surface area contributed by atoms with Gasteiger partial charge in [0.2, 0.25) is 5.91 Å². The molecule has 1 unspecified atom stereocenters. The van der Waals surface area contributed by atoms with E-state index in [-0.39, 0.29) is 40.9 Å². The molecule has 174 valence electrons. The molecular formula is C24H26FN3O3S2. The highest BCUT2D eigenvalue weighted by atomic mass is 32.2. The minimum Gasteiger partial charge on any atom is -0.338 e. The summed E-state index contributed by atoms with van der Waals surface area (Å²) in [5.74, 6) is 0.140. The van der Waals surface area contributed by atoms with Gasteiger partial charge in [0.1, 0.15) is 16.5 Å². The zero-order valence-electron chi connectivity index (χ0n) is 18.6. The summed E-state index contributed by atoms with van der Waals surface area (Å²) in [5.41, 5.74) is 1.41. The highest BCUT2D eigenvalue weighted by molar-refractivity contribution is 8.00. The van der Waals surface area contributed by atoms with Gasteiger partial charge >= 0.3 is 0 Å². The van der Waals surface area contributed by atoms with Crippen LogP contribution in [0.5, 0.6) is 0 Å². The Morgan fingerprint density at radius 2 is 1.82 bits per heavy atom. The van der Waals surface area contributed by atoms with E-state index >= 15 is 0 Å². The lowest BCUT2D eigenvalue weighted by Gasteiger charge is -2.30. The van der Waals surface area contributed by atoms with Crippen molar-refractivity contribution < 1.29 is 17.6 Å². The Labute approximate surface area is 197 Å². The number of hydrogen-bond acceptors (Lipinski definition) is 6. The van der Waals surface area contributed by atoms with E-state index in [0.29, 0.717) is 23.7 Å². The molecule has 0 radical (unpaired) electrons. The first-order valence-electron chi connectivity index (χ1n) is 10.9. The van der Waals surface area contributed by atoms with Crippen molar-refractivity contribution >= 4 is 38.3 Å². The van der Waals surface area contributed by atoms with Crippen LogP contribution in [0.4, 0.5) is 4.39 Å².